The largest absolute Gasteiger partial charge is 0.394 e. The highest BCUT2D eigenvalue weighted by molar-refractivity contribution is 7.92. The Morgan fingerprint density at radius 2 is 1.58 bits per heavy atom. The van der Waals surface area contributed by atoms with Gasteiger partial charge >= 0.3 is 0 Å². The van der Waals surface area contributed by atoms with E-state index >= 15 is 0 Å². The van der Waals surface area contributed by atoms with Crippen LogP contribution in [0.25, 0.3) is 0 Å². The van der Waals surface area contributed by atoms with Crippen molar-refractivity contribution in [2.24, 2.45) is 0 Å². The molecule has 3 aromatic carbocycles. The van der Waals surface area contributed by atoms with Gasteiger partial charge in [0.05, 0.1) is 30.6 Å². The SMILES string of the molecule is C[C@@H](CO)NC(=O)c1cc(F)cc(N(C2CN(C(c3ccc(Cl)cc3)c3ccc(Cl)cc3)C2)S(C)(=O)=O)c1. The molecule has 0 saturated carbocycles. The minimum Gasteiger partial charge on any atom is -0.394 e. The molecule has 202 valence electrons. The third-order valence-corrected chi connectivity index (χ3v) is 8.09. The van der Waals surface area contributed by atoms with Crippen LogP contribution in [-0.4, -0.2) is 62.4 Å². The molecule has 1 atom stereocenters. The third-order valence-electron chi connectivity index (χ3n) is 6.37. The number of likely N-dealkylation sites (tertiary alicyclic amines) is 1. The molecule has 1 aliphatic rings. The average Bonchev–Trinajstić information content (AvgIpc) is 2.83. The van der Waals surface area contributed by atoms with Crippen LogP contribution in [0.3, 0.4) is 0 Å². The summed E-state index contributed by atoms with van der Waals surface area (Å²) >= 11 is 12.2. The van der Waals surface area contributed by atoms with Gasteiger partial charge in [-0.2, -0.15) is 0 Å². The quantitative estimate of drug-likeness (QED) is 0.390. The van der Waals surface area contributed by atoms with Crippen molar-refractivity contribution in [3.8, 4) is 0 Å². The summed E-state index contributed by atoms with van der Waals surface area (Å²) in [6.07, 6.45) is 1.06. The summed E-state index contributed by atoms with van der Waals surface area (Å²) in [7, 11) is -3.82. The first kappa shape index (κ1) is 28.3. The minimum atomic E-state index is -3.82. The van der Waals surface area contributed by atoms with Crippen LogP contribution in [0.15, 0.2) is 66.7 Å². The number of hydrogen-bond acceptors (Lipinski definition) is 5. The number of nitrogens with one attached hydrogen (secondary N) is 1. The normalized spacial score (nSPS) is 15.2. The predicted molar refractivity (Wildman–Crippen MR) is 148 cm³/mol. The highest BCUT2D eigenvalue weighted by atomic mass is 35.5. The highest BCUT2D eigenvalue weighted by Gasteiger charge is 2.41. The molecule has 0 aromatic heterocycles. The molecule has 4 rings (SSSR count). The van der Waals surface area contributed by atoms with E-state index in [0.29, 0.717) is 23.1 Å². The fourth-order valence-corrected chi connectivity index (χ4v) is 6.02. The number of aliphatic hydroxyl groups excluding tert-OH is 1. The number of halogens is 3. The fraction of sp³-hybridized carbons (Fsp3) is 0.296. The van der Waals surface area contributed by atoms with Crippen LogP contribution < -0.4 is 9.62 Å². The Morgan fingerprint density at radius 3 is 2.05 bits per heavy atom. The number of carbonyl (C=O) groups is 1. The molecule has 1 saturated heterocycles. The van der Waals surface area contributed by atoms with E-state index in [1.807, 2.05) is 24.3 Å². The van der Waals surface area contributed by atoms with Crippen LogP contribution in [0.5, 0.6) is 0 Å². The van der Waals surface area contributed by atoms with Gasteiger partial charge in [-0.3, -0.25) is 14.0 Å². The minimum absolute atomic E-state index is 0.0367. The van der Waals surface area contributed by atoms with Crippen LogP contribution in [-0.2, 0) is 10.0 Å². The Balaban J connectivity index is 1.63. The molecule has 11 heteroatoms. The maximum absolute atomic E-state index is 14.6. The smallest absolute Gasteiger partial charge is 0.251 e. The summed E-state index contributed by atoms with van der Waals surface area (Å²) in [5, 5.41) is 13.0. The van der Waals surface area contributed by atoms with Crippen LogP contribution in [0, 0.1) is 5.82 Å². The molecule has 0 unspecified atom stereocenters. The molecule has 1 fully saturated rings. The molecule has 0 aliphatic carbocycles. The van der Waals surface area contributed by atoms with Gasteiger partial charge in [-0.1, -0.05) is 47.5 Å². The first-order valence-electron chi connectivity index (χ1n) is 11.9. The molecular formula is C27H28Cl2FN3O4S. The second kappa shape index (κ2) is 11.6. The van der Waals surface area contributed by atoms with Crippen molar-refractivity contribution in [3.63, 3.8) is 0 Å². The van der Waals surface area contributed by atoms with E-state index < -0.39 is 33.8 Å². The van der Waals surface area contributed by atoms with Crippen molar-refractivity contribution in [3.05, 3.63) is 99.3 Å². The molecule has 0 spiro atoms. The zero-order valence-corrected chi connectivity index (χ0v) is 23.1. The van der Waals surface area contributed by atoms with Gasteiger partial charge in [0.25, 0.3) is 5.91 Å². The predicted octanol–water partition coefficient (Wildman–Crippen LogP) is 4.48. The Morgan fingerprint density at radius 1 is 1.05 bits per heavy atom. The Kier molecular flexibility index (Phi) is 8.64. The summed E-state index contributed by atoms with van der Waals surface area (Å²) < 4.78 is 41.5. The lowest BCUT2D eigenvalue weighted by atomic mass is 9.93. The average molecular weight is 581 g/mol. The summed E-state index contributed by atoms with van der Waals surface area (Å²) in [5.41, 5.74) is 1.98. The van der Waals surface area contributed by atoms with Crippen LogP contribution in [0.2, 0.25) is 10.0 Å². The maximum atomic E-state index is 14.6. The monoisotopic (exact) mass is 579 g/mol. The molecule has 1 aliphatic heterocycles. The first-order valence-corrected chi connectivity index (χ1v) is 14.5. The summed E-state index contributed by atoms with van der Waals surface area (Å²) in [6, 6.07) is 17.2. The van der Waals surface area contributed by atoms with Crippen molar-refractivity contribution in [1.82, 2.24) is 10.2 Å². The van der Waals surface area contributed by atoms with Crippen molar-refractivity contribution in [1.29, 1.82) is 0 Å². The van der Waals surface area contributed by atoms with Crippen molar-refractivity contribution >= 4 is 44.8 Å². The van der Waals surface area contributed by atoms with Gasteiger partial charge in [-0.15, -0.1) is 0 Å². The second-order valence-corrected chi connectivity index (χ2v) is 12.2. The van der Waals surface area contributed by atoms with Gasteiger partial charge in [-0.05, 0) is 60.5 Å². The maximum Gasteiger partial charge on any atom is 0.251 e. The summed E-state index contributed by atoms with van der Waals surface area (Å²) in [5.74, 6) is -1.35. The standard InChI is InChI=1S/C27H28Cl2FN3O4S/c1-17(16-34)31-27(35)20-11-23(30)13-24(12-20)33(38(2,36)37)25-14-32(15-25)26(18-3-7-21(28)8-4-18)19-5-9-22(29)10-6-19/h3-13,17,25-26,34H,14-16H2,1-2H3,(H,31,35)/t17-/m0/s1. The zero-order chi connectivity index (χ0) is 27.6. The van der Waals surface area contributed by atoms with E-state index in [-0.39, 0.29) is 23.9 Å². The van der Waals surface area contributed by atoms with Gasteiger partial charge in [0.15, 0.2) is 0 Å². The molecule has 0 radical (unpaired) electrons. The summed E-state index contributed by atoms with van der Waals surface area (Å²) in [6.45, 7) is 2.04. The van der Waals surface area contributed by atoms with Gasteiger partial charge < -0.3 is 10.4 Å². The molecule has 3 aromatic rings. The first-order chi connectivity index (χ1) is 18.0. The number of anilines is 1. The molecule has 1 amide bonds. The van der Waals surface area contributed by atoms with Gasteiger partial charge in [0.1, 0.15) is 5.82 Å². The van der Waals surface area contributed by atoms with Gasteiger partial charge in [0.2, 0.25) is 10.0 Å². The van der Waals surface area contributed by atoms with Gasteiger partial charge in [0, 0.05) is 34.7 Å². The molecule has 7 nitrogen and oxygen atoms in total. The van der Waals surface area contributed by atoms with Crippen molar-refractivity contribution in [2.75, 3.05) is 30.3 Å². The van der Waals surface area contributed by atoms with Crippen molar-refractivity contribution in [2.45, 2.75) is 25.0 Å². The number of nitrogens with zero attached hydrogens (tertiary/aromatic N) is 2. The Hall–Kier alpha value is -2.69. The number of rotatable bonds is 9. The lowest BCUT2D eigenvalue weighted by Crippen LogP contribution is -2.61. The van der Waals surface area contributed by atoms with Crippen molar-refractivity contribution < 1.29 is 22.7 Å². The van der Waals surface area contributed by atoms with Crippen LogP contribution in [0.1, 0.15) is 34.5 Å². The molecule has 1 heterocycles. The molecule has 0 bridgehead atoms. The number of hydrogen-bond donors (Lipinski definition) is 2. The third kappa shape index (κ3) is 6.47. The Labute approximate surface area is 231 Å². The summed E-state index contributed by atoms with van der Waals surface area (Å²) in [4.78, 5) is 14.7. The number of amides is 1. The molecule has 2 N–H and O–H groups in total. The molecular weight excluding hydrogens is 552 g/mol. The highest BCUT2D eigenvalue weighted by Crippen LogP contribution is 2.37. The number of sulfonamides is 1. The number of carbonyl (C=O) groups excluding carboxylic acids is 1. The second-order valence-electron chi connectivity index (χ2n) is 9.43. The van der Waals surface area contributed by atoms with Crippen LogP contribution in [0.4, 0.5) is 10.1 Å². The van der Waals surface area contributed by atoms with Gasteiger partial charge in [-0.25, -0.2) is 12.8 Å². The van der Waals surface area contributed by atoms with E-state index in [0.717, 1.165) is 29.5 Å². The lowest BCUT2D eigenvalue weighted by molar-refractivity contribution is 0.0921. The van der Waals surface area contributed by atoms with E-state index in [1.165, 1.54) is 10.4 Å². The lowest BCUT2D eigenvalue weighted by Gasteiger charge is -2.48. The van der Waals surface area contributed by atoms with E-state index in [4.69, 9.17) is 23.2 Å². The van der Waals surface area contributed by atoms with E-state index in [1.54, 1.807) is 31.2 Å². The fourth-order valence-electron chi connectivity index (χ4n) is 4.61. The molecule has 38 heavy (non-hydrogen) atoms. The zero-order valence-electron chi connectivity index (χ0n) is 20.8. The van der Waals surface area contributed by atoms with E-state index in [2.05, 4.69) is 10.2 Å². The van der Waals surface area contributed by atoms with E-state index in [9.17, 15) is 22.7 Å². The Bertz CT molecular complexity index is 1350. The number of benzene rings is 3. The van der Waals surface area contributed by atoms with Crippen LogP contribution >= 0.6 is 23.2 Å². The topological polar surface area (TPSA) is 89.9 Å². The number of aliphatic hydroxyl groups is 1.